The number of benzene rings is 1. The molecular weight excluding hydrogens is 371 g/mol. The molecular formula is C21H35NaO4S. The summed E-state index contributed by atoms with van der Waals surface area (Å²) in [7, 11) is -4.31. The molecule has 0 amide bonds. The van der Waals surface area contributed by atoms with Gasteiger partial charge in [0.15, 0.2) is 0 Å². The van der Waals surface area contributed by atoms with E-state index < -0.39 is 10.1 Å². The Labute approximate surface area is 188 Å². The van der Waals surface area contributed by atoms with Gasteiger partial charge < -0.3 is 5.11 Å². The Morgan fingerprint density at radius 3 is 1.67 bits per heavy atom. The van der Waals surface area contributed by atoms with Crippen LogP contribution in [0.5, 0.6) is 5.75 Å². The molecule has 1 aromatic carbocycles. The zero-order chi connectivity index (χ0) is 19.3. The molecule has 4 nitrogen and oxygen atoms in total. The minimum Gasteiger partial charge on any atom is -0.872 e. The molecule has 0 radical (unpaired) electrons. The molecule has 0 fully saturated rings. The van der Waals surface area contributed by atoms with Crippen molar-refractivity contribution in [3.05, 3.63) is 23.8 Å². The third kappa shape index (κ3) is 13.7. The molecule has 0 bridgehead atoms. The average Bonchev–Trinajstić information content (AvgIpc) is 2.58. The predicted octanol–water partition coefficient (Wildman–Crippen LogP) is 2.64. The Hall–Kier alpha value is -0.0700. The van der Waals surface area contributed by atoms with Crippen molar-refractivity contribution in [2.75, 3.05) is 0 Å². The molecule has 0 saturated carbocycles. The Bertz CT molecular complexity index is 602. The largest absolute Gasteiger partial charge is 1.00 e. The summed E-state index contributed by atoms with van der Waals surface area (Å²) in [6, 6.07) is 3.81. The van der Waals surface area contributed by atoms with Gasteiger partial charge in [-0.15, -0.1) is 5.75 Å². The molecule has 0 heterocycles. The third-order valence-corrected chi connectivity index (χ3v) is 5.64. The maximum Gasteiger partial charge on any atom is 1.00 e. The van der Waals surface area contributed by atoms with Crippen LogP contribution in [0.4, 0.5) is 0 Å². The van der Waals surface area contributed by atoms with E-state index in [2.05, 4.69) is 6.92 Å². The second-order valence-electron chi connectivity index (χ2n) is 7.28. The molecule has 0 aromatic heterocycles. The monoisotopic (exact) mass is 406 g/mol. The van der Waals surface area contributed by atoms with Gasteiger partial charge in [0.1, 0.15) is 0 Å². The number of unbranched alkanes of at least 4 members (excludes halogenated alkanes) is 12. The van der Waals surface area contributed by atoms with Crippen LogP contribution in [0.2, 0.25) is 0 Å². The Morgan fingerprint density at radius 2 is 1.22 bits per heavy atom. The molecule has 0 saturated heterocycles. The van der Waals surface area contributed by atoms with Crippen LogP contribution < -0.4 is 34.7 Å². The average molecular weight is 407 g/mol. The van der Waals surface area contributed by atoms with Gasteiger partial charge in [-0.2, -0.15) is 8.42 Å². The van der Waals surface area contributed by atoms with Crippen molar-refractivity contribution in [2.45, 2.75) is 102 Å². The fourth-order valence-corrected chi connectivity index (χ4v) is 3.84. The zero-order valence-electron chi connectivity index (χ0n) is 17.2. The maximum atomic E-state index is 11.5. The van der Waals surface area contributed by atoms with E-state index in [1.807, 2.05) is 0 Å². The molecule has 0 unspecified atom stereocenters. The summed E-state index contributed by atoms with van der Waals surface area (Å²) >= 11 is 0. The van der Waals surface area contributed by atoms with Crippen LogP contribution >= 0.6 is 0 Å². The van der Waals surface area contributed by atoms with Gasteiger partial charge in [-0.05, 0) is 30.5 Å². The van der Waals surface area contributed by atoms with Crippen LogP contribution in [0.3, 0.4) is 0 Å². The number of hydrogen-bond acceptors (Lipinski definition) is 3. The molecule has 0 spiro atoms. The van der Waals surface area contributed by atoms with E-state index in [0.717, 1.165) is 18.9 Å². The Balaban J connectivity index is 0.00000676. The molecule has 1 aromatic rings. The molecule has 1 rings (SSSR count). The first kappa shape index (κ1) is 26.9. The normalized spacial score (nSPS) is 11.3. The van der Waals surface area contributed by atoms with Gasteiger partial charge in [0.25, 0.3) is 10.1 Å². The molecule has 0 aliphatic heterocycles. The van der Waals surface area contributed by atoms with Crippen LogP contribution in [0.25, 0.3) is 0 Å². The topological polar surface area (TPSA) is 77.4 Å². The van der Waals surface area contributed by atoms with Crippen molar-refractivity contribution in [3.63, 3.8) is 0 Å². The predicted molar refractivity (Wildman–Crippen MR) is 105 cm³/mol. The summed E-state index contributed by atoms with van der Waals surface area (Å²) < 4.78 is 31.3. The van der Waals surface area contributed by atoms with Crippen LogP contribution in [-0.2, 0) is 16.5 Å². The van der Waals surface area contributed by atoms with Crippen molar-refractivity contribution >= 4 is 10.1 Å². The van der Waals surface area contributed by atoms with Gasteiger partial charge in [0, 0.05) is 0 Å². The smallest absolute Gasteiger partial charge is 0.872 e. The van der Waals surface area contributed by atoms with Crippen molar-refractivity contribution in [1.29, 1.82) is 0 Å². The molecule has 6 heteroatoms. The second-order valence-corrected chi connectivity index (χ2v) is 8.70. The number of hydrogen-bond donors (Lipinski definition) is 1. The van der Waals surface area contributed by atoms with Crippen LogP contribution in [0.1, 0.15) is 96.0 Å². The second kappa shape index (κ2) is 15.8. The van der Waals surface area contributed by atoms with Crippen LogP contribution in [-0.4, -0.2) is 13.0 Å². The van der Waals surface area contributed by atoms with Gasteiger partial charge in [-0.25, -0.2) is 0 Å². The van der Waals surface area contributed by atoms with Gasteiger partial charge in [-0.3, -0.25) is 4.55 Å². The van der Waals surface area contributed by atoms with Gasteiger partial charge >= 0.3 is 29.6 Å². The fourth-order valence-electron chi connectivity index (χ4n) is 3.27. The van der Waals surface area contributed by atoms with Crippen LogP contribution in [0.15, 0.2) is 23.1 Å². The summed E-state index contributed by atoms with van der Waals surface area (Å²) in [5.74, 6) is -0.371. The van der Waals surface area contributed by atoms with E-state index in [1.165, 1.54) is 82.8 Å². The Kier molecular flexibility index (Phi) is 15.8. The first-order valence-electron chi connectivity index (χ1n) is 10.2. The van der Waals surface area contributed by atoms with E-state index in [4.69, 9.17) is 4.55 Å². The van der Waals surface area contributed by atoms with E-state index in [0.29, 0.717) is 12.0 Å². The first-order chi connectivity index (χ1) is 12.4. The molecule has 150 valence electrons. The van der Waals surface area contributed by atoms with E-state index >= 15 is 0 Å². The standard InChI is InChI=1S/C21H36O4S.Na/c1-2-3-4-5-6-7-8-9-10-11-12-13-14-15-19-16-20(22)18-21(17-19)26(23,24)25;/h16-18,22H,2-15H2,1H3,(H,23,24,25);/q;+1/p-1. The Morgan fingerprint density at radius 1 is 0.778 bits per heavy atom. The summed E-state index contributed by atoms with van der Waals surface area (Å²) in [6.45, 7) is 2.25. The number of aryl methyl sites for hydroxylation is 1. The summed E-state index contributed by atoms with van der Waals surface area (Å²) in [5.41, 5.74) is 0.688. The molecule has 0 aliphatic rings. The minimum absolute atomic E-state index is 0. The first-order valence-corrected chi connectivity index (χ1v) is 11.7. The summed E-state index contributed by atoms with van der Waals surface area (Å²) in [4.78, 5) is -0.297. The van der Waals surface area contributed by atoms with Crippen LogP contribution in [0, 0.1) is 0 Å². The molecule has 1 N–H and O–H groups in total. The summed E-state index contributed by atoms with van der Waals surface area (Å²) in [6.07, 6.45) is 17.3. The van der Waals surface area contributed by atoms with Gasteiger partial charge in [0.05, 0.1) is 4.90 Å². The molecule has 27 heavy (non-hydrogen) atoms. The van der Waals surface area contributed by atoms with Crippen molar-refractivity contribution < 1.29 is 47.6 Å². The van der Waals surface area contributed by atoms with Gasteiger partial charge in [-0.1, -0.05) is 90.0 Å². The maximum absolute atomic E-state index is 11.5. The minimum atomic E-state index is -4.31. The van der Waals surface area contributed by atoms with Crippen molar-refractivity contribution in [3.8, 4) is 5.75 Å². The number of rotatable bonds is 15. The third-order valence-electron chi connectivity index (χ3n) is 4.81. The fraction of sp³-hybridized carbons (Fsp3) is 0.714. The van der Waals surface area contributed by atoms with Crippen molar-refractivity contribution in [1.82, 2.24) is 0 Å². The van der Waals surface area contributed by atoms with E-state index in [1.54, 1.807) is 0 Å². The van der Waals surface area contributed by atoms with E-state index in [9.17, 15) is 13.5 Å². The quantitative estimate of drug-likeness (QED) is 0.276. The van der Waals surface area contributed by atoms with E-state index in [-0.39, 0.29) is 40.2 Å². The zero-order valence-corrected chi connectivity index (χ0v) is 20.0. The molecule has 0 aliphatic carbocycles. The SMILES string of the molecule is CCCCCCCCCCCCCCCc1cc([O-])cc(S(=O)(=O)O)c1.[Na+]. The summed E-state index contributed by atoms with van der Waals surface area (Å²) in [5, 5.41) is 11.5. The molecule has 0 atom stereocenters. The van der Waals surface area contributed by atoms with Gasteiger partial charge in [0.2, 0.25) is 0 Å². The van der Waals surface area contributed by atoms with Crippen molar-refractivity contribution in [2.24, 2.45) is 0 Å².